The largest absolute Gasteiger partial charge is 0.301 e. The number of pyridine rings is 1. The highest BCUT2D eigenvalue weighted by Crippen LogP contribution is 2.35. The molecule has 4 rings (SSSR count). The summed E-state index contributed by atoms with van der Waals surface area (Å²) in [6.45, 7) is 2.08. The third-order valence-electron chi connectivity index (χ3n) is 4.65. The van der Waals surface area contributed by atoms with Crippen molar-refractivity contribution in [3.63, 3.8) is 0 Å². The molecule has 0 amide bonds. The van der Waals surface area contributed by atoms with Gasteiger partial charge in [0.15, 0.2) is 0 Å². The minimum Gasteiger partial charge on any atom is -0.301 e. The molecule has 0 saturated carbocycles. The van der Waals surface area contributed by atoms with Crippen molar-refractivity contribution in [3.8, 4) is 11.1 Å². The Labute approximate surface area is 137 Å². The van der Waals surface area contributed by atoms with Crippen molar-refractivity contribution in [1.82, 2.24) is 9.88 Å². The first-order valence-corrected chi connectivity index (χ1v) is 8.08. The summed E-state index contributed by atoms with van der Waals surface area (Å²) in [4.78, 5) is 6.65. The summed E-state index contributed by atoms with van der Waals surface area (Å²) in [6.07, 6.45) is 3.75. The normalized spacial score (nSPS) is 17.7. The van der Waals surface area contributed by atoms with Crippen LogP contribution in [-0.2, 0) is 6.54 Å². The summed E-state index contributed by atoms with van der Waals surface area (Å²) in [5.41, 5.74) is 6.71. The predicted molar refractivity (Wildman–Crippen MR) is 94.3 cm³/mol. The average Bonchev–Trinajstić information content (AvgIpc) is 2.62. The van der Waals surface area contributed by atoms with Gasteiger partial charge in [-0.2, -0.15) is 0 Å². The molecule has 3 aromatic rings. The smallest absolute Gasteiger partial charge is 0.0346 e. The zero-order valence-electron chi connectivity index (χ0n) is 13.3. The fourth-order valence-corrected chi connectivity index (χ4v) is 3.53. The molecule has 2 heteroatoms. The quantitative estimate of drug-likeness (QED) is 0.700. The van der Waals surface area contributed by atoms with Crippen molar-refractivity contribution in [3.05, 3.63) is 89.7 Å². The van der Waals surface area contributed by atoms with E-state index in [0.29, 0.717) is 5.92 Å². The molecule has 2 heterocycles. The summed E-state index contributed by atoms with van der Waals surface area (Å²) in [7, 11) is 2.20. The first-order chi connectivity index (χ1) is 11.3. The Morgan fingerprint density at radius 1 is 0.957 bits per heavy atom. The number of fused-ring (bicyclic) bond motifs is 1. The molecule has 1 aliphatic rings. The number of aromatic nitrogens is 1. The third-order valence-corrected chi connectivity index (χ3v) is 4.65. The van der Waals surface area contributed by atoms with Gasteiger partial charge in [-0.05, 0) is 47.0 Å². The SMILES string of the molecule is CN1Cc2cc(-c3cccnc3)ccc2[C@H](c2ccccc2)C1. The number of hydrogen-bond donors (Lipinski definition) is 0. The Kier molecular flexibility index (Phi) is 3.68. The van der Waals surface area contributed by atoms with Crippen LogP contribution in [0.25, 0.3) is 11.1 Å². The maximum atomic E-state index is 4.24. The second kappa shape index (κ2) is 5.98. The van der Waals surface area contributed by atoms with E-state index < -0.39 is 0 Å². The Hall–Kier alpha value is -2.45. The van der Waals surface area contributed by atoms with E-state index in [1.807, 2.05) is 18.5 Å². The molecule has 1 aromatic heterocycles. The Morgan fingerprint density at radius 3 is 2.61 bits per heavy atom. The fraction of sp³-hybridized carbons (Fsp3) is 0.190. The monoisotopic (exact) mass is 300 g/mol. The van der Waals surface area contributed by atoms with Crippen molar-refractivity contribution in [2.45, 2.75) is 12.5 Å². The number of nitrogens with zero attached hydrogens (tertiary/aromatic N) is 2. The van der Waals surface area contributed by atoms with Crippen LogP contribution in [0.3, 0.4) is 0 Å². The van der Waals surface area contributed by atoms with E-state index in [9.17, 15) is 0 Å². The van der Waals surface area contributed by atoms with Gasteiger partial charge in [-0.1, -0.05) is 48.5 Å². The Bertz CT molecular complexity index is 797. The molecule has 2 aromatic carbocycles. The van der Waals surface area contributed by atoms with Crippen LogP contribution in [0.2, 0.25) is 0 Å². The lowest BCUT2D eigenvalue weighted by atomic mass is 9.83. The highest BCUT2D eigenvalue weighted by Gasteiger charge is 2.24. The van der Waals surface area contributed by atoms with E-state index in [1.165, 1.54) is 27.8 Å². The maximum Gasteiger partial charge on any atom is 0.0346 e. The van der Waals surface area contributed by atoms with Crippen LogP contribution in [0, 0.1) is 0 Å². The second-order valence-corrected chi connectivity index (χ2v) is 6.32. The lowest BCUT2D eigenvalue weighted by molar-refractivity contribution is 0.295. The standard InChI is InChI=1S/C21H20N2/c1-23-14-19-12-17(18-8-5-11-22-13-18)9-10-20(19)21(15-23)16-6-3-2-4-7-16/h2-13,21H,14-15H2,1H3/t21-/m0/s1. The van der Waals surface area contributed by atoms with Crippen molar-refractivity contribution < 1.29 is 0 Å². The van der Waals surface area contributed by atoms with Crippen LogP contribution in [-0.4, -0.2) is 23.5 Å². The first kappa shape index (κ1) is 14.2. The van der Waals surface area contributed by atoms with Gasteiger partial charge in [0.1, 0.15) is 0 Å². The van der Waals surface area contributed by atoms with E-state index >= 15 is 0 Å². The molecule has 23 heavy (non-hydrogen) atoms. The maximum absolute atomic E-state index is 4.24. The summed E-state index contributed by atoms with van der Waals surface area (Å²) in [6, 6.07) is 21.8. The molecule has 0 radical (unpaired) electrons. The summed E-state index contributed by atoms with van der Waals surface area (Å²) >= 11 is 0. The minimum absolute atomic E-state index is 0.452. The van der Waals surface area contributed by atoms with Gasteiger partial charge >= 0.3 is 0 Å². The zero-order chi connectivity index (χ0) is 15.6. The molecule has 0 saturated heterocycles. The van der Waals surface area contributed by atoms with E-state index in [2.05, 4.69) is 71.5 Å². The molecule has 0 spiro atoms. The van der Waals surface area contributed by atoms with Gasteiger partial charge in [-0.15, -0.1) is 0 Å². The van der Waals surface area contributed by atoms with Crippen LogP contribution < -0.4 is 0 Å². The summed E-state index contributed by atoms with van der Waals surface area (Å²) in [5.74, 6) is 0.452. The average molecular weight is 300 g/mol. The van der Waals surface area contributed by atoms with Crippen LogP contribution in [0.1, 0.15) is 22.6 Å². The molecule has 0 unspecified atom stereocenters. The zero-order valence-corrected chi connectivity index (χ0v) is 13.3. The topological polar surface area (TPSA) is 16.1 Å². The molecule has 0 aliphatic carbocycles. The van der Waals surface area contributed by atoms with Gasteiger partial charge in [-0.3, -0.25) is 4.98 Å². The lowest BCUT2D eigenvalue weighted by Gasteiger charge is -2.33. The van der Waals surface area contributed by atoms with Crippen molar-refractivity contribution >= 4 is 0 Å². The van der Waals surface area contributed by atoms with Crippen LogP contribution in [0.4, 0.5) is 0 Å². The number of rotatable bonds is 2. The lowest BCUT2D eigenvalue weighted by Crippen LogP contribution is -2.30. The van der Waals surface area contributed by atoms with Crippen molar-refractivity contribution in [1.29, 1.82) is 0 Å². The van der Waals surface area contributed by atoms with Crippen molar-refractivity contribution in [2.75, 3.05) is 13.6 Å². The number of hydrogen-bond acceptors (Lipinski definition) is 2. The van der Waals surface area contributed by atoms with Crippen LogP contribution in [0.15, 0.2) is 73.1 Å². The van der Waals surface area contributed by atoms with Gasteiger partial charge < -0.3 is 4.90 Å². The second-order valence-electron chi connectivity index (χ2n) is 6.32. The minimum atomic E-state index is 0.452. The molecule has 0 N–H and O–H groups in total. The Balaban J connectivity index is 1.77. The number of benzene rings is 2. The van der Waals surface area contributed by atoms with E-state index in [-0.39, 0.29) is 0 Å². The molecule has 0 fully saturated rings. The van der Waals surface area contributed by atoms with E-state index in [0.717, 1.165) is 13.1 Å². The van der Waals surface area contributed by atoms with Gasteiger partial charge in [0.05, 0.1) is 0 Å². The van der Waals surface area contributed by atoms with E-state index in [4.69, 9.17) is 0 Å². The molecule has 0 bridgehead atoms. The summed E-state index contributed by atoms with van der Waals surface area (Å²) < 4.78 is 0. The molecular weight excluding hydrogens is 280 g/mol. The van der Waals surface area contributed by atoms with Gasteiger partial charge in [0.2, 0.25) is 0 Å². The molecular formula is C21H20N2. The first-order valence-electron chi connectivity index (χ1n) is 8.08. The molecule has 1 aliphatic heterocycles. The van der Waals surface area contributed by atoms with Crippen LogP contribution >= 0.6 is 0 Å². The van der Waals surface area contributed by atoms with Gasteiger partial charge in [0.25, 0.3) is 0 Å². The predicted octanol–water partition coefficient (Wildman–Crippen LogP) is 4.33. The molecule has 2 nitrogen and oxygen atoms in total. The van der Waals surface area contributed by atoms with Gasteiger partial charge in [0, 0.05) is 31.4 Å². The highest BCUT2D eigenvalue weighted by atomic mass is 15.1. The Morgan fingerprint density at radius 2 is 1.83 bits per heavy atom. The third kappa shape index (κ3) is 2.78. The fourth-order valence-electron chi connectivity index (χ4n) is 3.53. The van der Waals surface area contributed by atoms with Crippen molar-refractivity contribution in [2.24, 2.45) is 0 Å². The van der Waals surface area contributed by atoms with E-state index in [1.54, 1.807) is 0 Å². The van der Waals surface area contributed by atoms with Crippen LogP contribution in [0.5, 0.6) is 0 Å². The summed E-state index contributed by atoms with van der Waals surface area (Å²) in [5, 5.41) is 0. The molecule has 114 valence electrons. The molecule has 1 atom stereocenters. The van der Waals surface area contributed by atoms with Gasteiger partial charge in [-0.25, -0.2) is 0 Å². The highest BCUT2D eigenvalue weighted by molar-refractivity contribution is 5.64. The number of likely N-dealkylation sites (N-methyl/N-ethyl adjacent to an activating group) is 1.